The van der Waals surface area contributed by atoms with Crippen molar-refractivity contribution < 1.29 is 21.9 Å². The van der Waals surface area contributed by atoms with Crippen LogP contribution in [0.1, 0.15) is 17.7 Å². The van der Waals surface area contributed by atoms with Gasteiger partial charge in [-0.05, 0) is 37.3 Å². The highest BCUT2D eigenvalue weighted by Gasteiger charge is 2.26. The molecule has 2 heterocycles. The molecule has 1 atom stereocenters. The monoisotopic (exact) mass is 400 g/mol. The number of hydrogen-bond acceptors (Lipinski definition) is 5. The normalized spacial score (nSPS) is 17.2. The standard InChI is InChI=1S/C17H18F2N2O3S2/c1-12(15-10-13(18)2-4-16(15)19)25-17-5-3-14(11-20-17)26(22,23)21-6-8-24-9-7-21/h2-5,10-12H,6-9H2,1H3. The third kappa shape index (κ3) is 4.22. The fourth-order valence-electron chi connectivity index (χ4n) is 2.60. The van der Waals surface area contributed by atoms with Gasteiger partial charge >= 0.3 is 0 Å². The summed E-state index contributed by atoms with van der Waals surface area (Å²) in [4.78, 5) is 4.27. The van der Waals surface area contributed by atoms with E-state index in [0.717, 1.165) is 18.2 Å². The lowest BCUT2D eigenvalue weighted by atomic mass is 10.1. The molecule has 0 bridgehead atoms. The summed E-state index contributed by atoms with van der Waals surface area (Å²) >= 11 is 1.23. The summed E-state index contributed by atoms with van der Waals surface area (Å²) in [5, 5.41) is 0.155. The van der Waals surface area contributed by atoms with Crippen molar-refractivity contribution in [3.05, 3.63) is 53.7 Å². The first-order valence-corrected chi connectivity index (χ1v) is 10.4. The van der Waals surface area contributed by atoms with Crippen molar-refractivity contribution in [3.8, 4) is 0 Å². The zero-order valence-corrected chi connectivity index (χ0v) is 15.7. The quantitative estimate of drug-likeness (QED) is 0.721. The molecule has 1 aliphatic heterocycles. The van der Waals surface area contributed by atoms with E-state index in [4.69, 9.17) is 4.74 Å². The number of sulfonamides is 1. The van der Waals surface area contributed by atoms with Crippen molar-refractivity contribution >= 4 is 21.8 Å². The van der Waals surface area contributed by atoms with E-state index in [2.05, 4.69) is 4.98 Å². The molecular weight excluding hydrogens is 382 g/mol. The van der Waals surface area contributed by atoms with Crippen LogP contribution < -0.4 is 0 Å². The summed E-state index contributed by atoms with van der Waals surface area (Å²) in [5.41, 5.74) is 0.238. The molecule has 0 radical (unpaired) electrons. The van der Waals surface area contributed by atoms with Crippen LogP contribution in [-0.2, 0) is 14.8 Å². The van der Waals surface area contributed by atoms with Gasteiger partial charge in [0, 0.05) is 30.1 Å². The van der Waals surface area contributed by atoms with Crippen molar-refractivity contribution in [1.82, 2.24) is 9.29 Å². The molecule has 0 N–H and O–H groups in total. The van der Waals surface area contributed by atoms with Crippen LogP contribution in [0.3, 0.4) is 0 Å². The van der Waals surface area contributed by atoms with Gasteiger partial charge in [0.1, 0.15) is 16.5 Å². The van der Waals surface area contributed by atoms with E-state index in [1.807, 2.05) is 0 Å². The Morgan fingerprint density at radius 3 is 2.58 bits per heavy atom. The molecule has 1 aliphatic rings. The topological polar surface area (TPSA) is 59.5 Å². The predicted octanol–water partition coefficient (Wildman–Crippen LogP) is 3.23. The third-order valence-corrected chi connectivity index (χ3v) is 6.98. The second-order valence-corrected chi connectivity index (χ2v) is 9.07. The number of halogens is 2. The number of benzene rings is 1. The molecule has 1 saturated heterocycles. The van der Waals surface area contributed by atoms with Crippen LogP contribution >= 0.6 is 11.8 Å². The lowest BCUT2D eigenvalue weighted by Gasteiger charge is -2.25. The van der Waals surface area contributed by atoms with Gasteiger partial charge in [-0.25, -0.2) is 22.2 Å². The highest BCUT2D eigenvalue weighted by Crippen LogP contribution is 2.35. The largest absolute Gasteiger partial charge is 0.379 e. The predicted molar refractivity (Wildman–Crippen MR) is 94.4 cm³/mol. The number of hydrogen-bond donors (Lipinski definition) is 0. The van der Waals surface area contributed by atoms with Gasteiger partial charge in [0.2, 0.25) is 10.0 Å². The molecule has 3 rings (SSSR count). The van der Waals surface area contributed by atoms with Gasteiger partial charge in [-0.3, -0.25) is 0 Å². The molecule has 5 nitrogen and oxygen atoms in total. The van der Waals surface area contributed by atoms with Crippen molar-refractivity contribution in [2.24, 2.45) is 0 Å². The number of morpholine rings is 1. The molecule has 140 valence electrons. The van der Waals surface area contributed by atoms with E-state index in [0.29, 0.717) is 31.3 Å². The minimum absolute atomic E-state index is 0.105. The van der Waals surface area contributed by atoms with Crippen molar-refractivity contribution in [2.75, 3.05) is 26.3 Å². The van der Waals surface area contributed by atoms with Crippen LogP contribution in [0.15, 0.2) is 46.5 Å². The summed E-state index contributed by atoms with van der Waals surface area (Å²) in [6, 6.07) is 6.37. The zero-order valence-electron chi connectivity index (χ0n) is 14.1. The number of nitrogens with zero attached hydrogens (tertiary/aromatic N) is 2. The smallest absolute Gasteiger partial charge is 0.244 e. The molecule has 0 aliphatic carbocycles. The second kappa shape index (κ2) is 7.99. The SMILES string of the molecule is CC(Sc1ccc(S(=O)(=O)N2CCOCC2)cn1)c1cc(F)ccc1F. The van der Waals surface area contributed by atoms with Crippen LogP contribution in [-0.4, -0.2) is 44.0 Å². The molecule has 1 unspecified atom stereocenters. The van der Waals surface area contributed by atoms with Crippen molar-refractivity contribution in [3.63, 3.8) is 0 Å². The Balaban J connectivity index is 1.74. The maximum Gasteiger partial charge on any atom is 0.244 e. The number of rotatable bonds is 5. The third-order valence-electron chi connectivity index (χ3n) is 4.01. The molecule has 0 spiro atoms. The molecule has 2 aromatic rings. The number of ether oxygens (including phenoxy) is 1. The highest BCUT2D eigenvalue weighted by molar-refractivity contribution is 7.99. The minimum atomic E-state index is -3.60. The van der Waals surface area contributed by atoms with E-state index in [1.54, 1.807) is 13.0 Å². The summed E-state index contributed by atoms with van der Waals surface area (Å²) in [7, 11) is -3.60. The van der Waals surface area contributed by atoms with E-state index < -0.39 is 21.7 Å². The Kier molecular flexibility index (Phi) is 5.91. The Morgan fingerprint density at radius 1 is 1.19 bits per heavy atom. The number of aromatic nitrogens is 1. The highest BCUT2D eigenvalue weighted by atomic mass is 32.2. The van der Waals surface area contributed by atoms with Gasteiger partial charge in [0.15, 0.2) is 0 Å². The van der Waals surface area contributed by atoms with Gasteiger partial charge in [-0.2, -0.15) is 4.31 Å². The maximum absolute atomic E-state index is 13.9. The molecule has 1 fully saturated rings. The summed E-state index contributed by atoms with van der Waals surface area (Å²) in [6.07, 6.45) is 1.29. The molecule has 1 aromatic heterocycles. The van der Waals surface area contributed by atoms with Crippen LogP contribution in [0, 0.1) is 11.6 Å². The van der Waals surface area contributed by atoms with Gasteiger partial charge in [0.05, 0.1) is 18.2 Å². The van der Waals surface area contributed by atoms with Crippen molar-refractivity contribution in [2.45, 2.75) is 22.1 Å². The lowest BCUT2D eigenvalue weighted by molar-refractivity contribution is 0.0730. The van der Waals surface area contributed by atoms with Gasteiger partial charge in [0.25, 0.3) is 0 Å². The molecule has 26 heavy (non-hydrogen) atoms. The minimum Gasteiger partial charge on any atom is -0.379 e. The van der Waals surface area contributed by atoms with Crippen molar-refractivity contribution in [1.29, 1.82) is 0 Å². The van der Waals surface area contributed by atoms with E-state index in [1.165, 1.54) is 28.3 Å². The van der Waals surface area contributed by atoms with E-state index in [-0.39, 0.29) is 15.7 Å². The Morgan fingerprint density at radius 2 is 1.92 bits per heavy atom. The number of pyridine rings is 1. The van der Waals surface area contributed by atoms with Gasteiger partial charge in [-0.15, -0.1) is 0 Å². The summed E-state index contributed by atoms with van der Waals surface area (Å²) in [5.74, 6) is -0.994. The van der Waals surface area contributed by atoms with E-state index >= 15 is 0 Å². The Bertz CT molecular complexity index is 870. The first-order chi connectivity index (χ1) is 12.4. The molecule has 0 amide bonds. The van der Waals surface area contributed by atoms with Crippen LogP contribution in [0.25, 0.3) is 0 Å². The fraction of sp³-hybridized carbons (Fsp3) is 0.353. The first kappa shape index (κ1) is 19.2. The maximum atomic E-state index is 13.9. The zero-order chi connectivity index (χ0) is 18.7. The average molecular weight is 400 g/mol. The Hall–Kier alpha value is -1.55. The van der Waals surface area contributed by atoms with Gasteiger partial charge in [-0.1, -0.05) is 11.8 Å². The molecule has 0 saturated carbocycles. The number of thioether (sulfide) groups is 1. The first-order valence-electron chi connectivity index (χ1n) is 8.03. The second-order valence-electron chi connectivity index (χ2n) is 5.77. The van der Waals surface area contributed by atoms with Crippen LogP contribution in [0.2, 0.25) is 0 Å². The lowest BCUT2D eigenvalue weighted by Crippen LogP contribution is -2.40. The van der Waals surface area contributed by atoms with Crippen LogP contribution in [0.4, 0.5) is 8.78 Å². The fourth-order valence-corrected chi connectivity index (χ4v) is 4.88. The average Bonchev–Trinajstić information content (AvgIpc) is 2.65. The molecule has 1 aromatic carbocycles. The summed E-state index contributed by atoms with van der Waals surface area (Å²) < 4.78 is 58.8. The summed E-state index contributed by atoms with van der Waals surface area (Å²) in [6.45, 7) is 3.11. The van der Waals surface area contributed by atoms with Gasteiger partial charge < -0.3 is 4.74 Å². The Labute approximate surface area is 155 Å². The van der Waals surface area contributed by atoms with Crippen LogP contribution in [0.5, 0.6) is 0 Å². The molecule has 9 heteroatoms. The van der Waals surface area contributed by atoms with E-state index in [9.17, 15) is 17.2 Å². The molecular formula is C17H18F2N2O3S2.